The lowest BCUT2D eigenvalue weighted by Gasteiger charge is -2.13. The standard InChI is InChI=1S/C26H30N4O4S/c1-33-26(32)23-22(29-25(31)21-8-5-12-34-21)20-14-19(28-18-10-13-35-16-18)15-27-24(20)30(23)11-9-17-6-3-2-4-7-17/h2-4,6-7,14-15,18,21,28H,5,8-13,16H2,1H3,(H,29,31). The van der Waals surface area contributed by atoms with E-state index in [-0.39, 0.29) is 5.91 Å². The number of fused-ring (bicyclic) bond motifs is 1. The molecule has 0 saturated carbocycles. The summed E-state index contributed by atoms with van der Waals surface area (Å²) in [5.41, 5.74) is 3.37. The molecule has 35 heavy (non-hydrogen) atoms. The van der Waals surface area contributed by atoms with Gasteiger partial charge in [-0.05, 0) is 43.1 Å². The highest BCUT2D eigenvalue weighted by molar-refractivity contribution is 7.99. The smallest absolute Gasteiger partial charge is 0.356 e. The Hall–Kier alpha value is -3.04. The molecule has 1 amide bonds. The quantitative estimate of drug-likeness (QED) is 0.455. The monoisotopic (exact) mass is 494 g/mol. The lowest BCUT2D eigenvalue weighted by atomic mass is 10.1. The number of nitrogens with zero attached hydrogens (tertiary/aromatic N) is 2. The van der Waals surface area contributed by atoms with Crippen LogP contribution in [0.3, 0.4) is 0 Å². The lowest BCUT2D eigenvalue weighted by Crippen LogP contribution is -2.28. The fourth-order valence-corrected chi connectivity index (χ4v) is 5.87. The number of amides is 1. The molecule has 2 fully saturated rings. The number of ether oxygens (including phenoxy) is 2. The van der Waals surface area contributed by atoms with E-state index in [4.69, 9.17) is 14.5 Å². The number of thioether (sulfide) groups is 1. The molecule has 2 N–H and O–H groups in total. The van der Waals surface area contributed by atoms with Crippen LogP contribution in [-0.4, -0.2) is 58.8 Å². The molecule has 2 atom stereocenters. The van der Waals surface area contributed by atoms with E-state index in [2.05, 4.69) is 22.8 Å². The van der Waals surface area contributed by atoms with E-state index in [1.807, 2.05) is 40.6 Å². The summed E-state index contributed by atoms with van der Waals surface area (Å²) >= 11 is 1.93. The van der Waals surface area contributed by atoms with Crippen molar-refractivity contribution in [3.05, 3.63) is 53.9 Å². The van der Waals surface area contributed by atoms with E-state index in [1.165, 1.54) is 7.11 Å². The van der Waals surface area contributed by atoms with Crippen LogP contribution in [0.25, 0.3) is 11.0 Å². The van der Waals surface area contributed by atoms with Crippen molar-refractivity contribution in [3.63, 3.8) is 0 Å². The van der Waals surface area contributed by atoms with Gasteiger partial charge in [0.1, 0.15) is 11.8 Å². The number of nitrogens with one attached hydrogen (secondary N) is 2. The fourth-order valence-electron chi connectivity index (χ4n) is 4.71. The highest BCUT2D eigenvalue weighted by Crippen LogP contribution is 2.34. The third-order valence-corrected chi connectivity index (χ3v) is 7.68. The molecule has 184 valence electrons. The van der Waals surface area contributed by atoms with Gasteiger partial charge in [0.15, 0.2) is 5.69 Å². The Morgan fingerprint density at radius 2 is 2.11 bits per heavy atom. The Balaban J connectivity index is 1.56. The van der Waals surface area contributed by atoms with Crippen LogP contribution in [0, 0.1) is 0 Å². The number of esters is 1. The summed E-state index contributed by atoms with van der Waals surface area (Å²) in [6.07, 6.45) is 4.59. The Kier molecular flexibility index (Phi) is 7.24. The average Bonchev–Trinajstić information content (AvgIpc) is 3.65. The number of rotatable bonds is 8. The van der Waals surface area contributed by atoms with Crippen molar-refractivity contribution >= 4 is 46.0 Å². The molecule has 0 bridgehead atoms. The van der Waals surface area contributed by atoms with Gasteiger partial charge in [0.2, 0.25) is 0 Å². The number of anilines is 2. The molecule has 2 aliphatic rings. The van der Waals surface area contributed by atoms with Crippen LogP contribution in [-0.2, 0) is 27.2 Å². The zero-order chi connectivity index (χ0) is 24.2. The van der Waals surface area contributed by atoms with Crippen LogP contribution in [0.15, 0.2) is 42.6 Å². The predicted molar refractivity (Wildman–Crippen MR) is 138 cm³/mol. The number of hydrogen-bond acceptors (Lipinski definition) is 7. The van der Waals surface area contributed by atoms with Crippen molar-refractivity contribution in [1.82, 2.24) is 9.55 Å². The maximum absolute atomic E-state index is 13.0. The summed E-state index contributed by atoms with van der Waals surface area (Å²) in [7, 11) is 1.35. The molecule has 2 unspecified atom stereocenters. The summed E-state index contributed by atoms with van der Waals surface area (Å²) in [5, 5.41) is 7.25. The molecule has 2 aliphatic heterocycles. The van der Waals surface area contributed by atoms with Gasteiger partial charge in [-0.25, -0.2) is 9.78 Å². The predicted octanol–water partition coefficient (Wildman–Crippen LogP) is 4.10. The number of benzene rings is 1. The number of aromatic nitrogens is 2. The van der Waals surface area contributed by atoms with Crippen LogP contribution < -0.4 is 10.6 Å². The van der Waals surface area contributed by atoms with Crippen molar-refractivity contribution in [2.75, 3.05) is 35.9 Å². The second kappa shape index (κ2) is 10.7. The van der Waals surface area contributed by atoms with E-state index in [1.54, 1.807) is 6.20 Å². The minimum Gasteiger partial charge on any atom is -0.464 e. The van der Waals surface area contributed by atoms with Crippen LogP contribution in [0.5, 0.6) is 0 Å². The largest absolute Gasteiger partial charge is 0.464 e. The molecule has 0 aliphatic carbocycles. The highest BCUT2D eigenvalue weighted by atomic mass is 32.2. The van der Waals surface area contributed by atoms with Gasteiger partial charge in [0.05, 0.1) is 24.7 Å². The first kappa shape index (κ1) is 23.7. The fraction of sp³-hybridized carbons (Fsp3) is 0.423. The zero-order valence-corrected chi connectivity index (χ0v) is 20.6. The Labute approximate surface area is 208 Å². The Morgan fingerprint density at radius 1 is 1.26 bits per heavy atom. The molecule has 3 aromatic rings. The van der Waals surface area contributed by atoms with Crippen molar-refractivity contribution in [3.8, 4) is 0 Å². The van der Waals surface area contributed by atoms with Gasteiger partial charge in [-0.3, -0.25) is 4.79 Å². The molecule has 9 heteroatoms. The first-order chi connectivity index (χ1) is 17.1. The number of hydrogen-bond donors (Lipinski definition) is 2. The van der Waals surface area contributed by atoms with E-state index in [0.717, 1.165) is 35.6 Å². The normalized spacial score (nSPS) is 19.7. The minimum absolute atomic E-state index is 0.250. The maximum Gasteiger partial charge on any atom is 0.356 e. The van der Waals surface area contributed by atoms with Gasteiger partial charge < -0.3 is 24.7 Å². The molecule has 0 spiro atoms. The van der Waals surface area contributed by atoms with Gasteiger partial charge in [-0.2, -0.15) is 11.8 Å². The third kappa shape index (κ3) is 5.16. The highest BCUT2D eigenvalue weighted by Gasteiger charge is 2.30. The van der Waals surface area contributed by atoms with E-state index < -0.39 is 12.1 Å². The molecule has 5 rings (SSSR count). The summed E-state index contributed by atoms with van der Waals surface area (Å²) in [5.74, 6) is 1.42. The van der Waals surface area contributed by atoms with Gasteiger partial charge >= 0.3 is 5.97 Å². The van der Waals surface area contributed by atoms with Crippen LogP contribution in [0.4, 0.5) is 11.4 Å². The van der Waals surface area contributed by atoms with Gasteiger partial charge in [-0.15, -0.1) is 0 Å². The number of aryl methyl sites for hydroxylation is 2. The molecule has 8 nitrogen and oxygen atoms in total. The van der Waals surface area contributed by atoms with Gasteiger partial charge in [0, 0.05) is 30.3 Å². The Morgan fingerprint density at radius 3 is 2.83 bits per heavy atom. The molecular formula is C26H30N4O4S. The first-order valence-corrected chi connectivity index (χ1v) is 13.2. The molecule has 2 saturated heterocycles. The van der Waals surface area contributed by atoms with Gasteiger partial charge in [0.25, 0.3) is 5.91 Å². The summed E-state index contributed by atoms with van der Waals surface area (Å²) in [6, 6.07) is 12.4. The van der Waals surface area contributed by atoms with Gasteiger partial charge in [-0.1, -0.05) is 30.3 Å². The van der Waals surface area contributed by atoms with E-state index >= 15 is 0 Å². The first-order valence-electron chi connectivity index (χ1n) is 12.0. The Bertz CT molecular complexity index is 1200. The van der Waals surface area contributed by atoms with Crippen molar-refractivity contribution in [2.45, 2.75) is 44.4 Å². The van der Waals surface area contributed by atoms with Crippen molar-refractivity contribution in [2.24, 2.45) is 0 Å². The second-order valence-electron chi connectivity index (χ2n) is 8.89. The SMILES string of the molecule is COC(=O)c1c(NC(=O)C2CCCO2)c2cc(NC3CCSC3)cnc2n1CCc1ccccc1. The summed E-state index contributed by atoms with van der Waals surface area (Å²) in [6.45, 7) is 1.08. The van der Waals surface area contributed by atoms with Crippen molar-refractivity contribution < 1.29 is 19.1 Å². The molecular weight excluding hydrogens is 464 g/mol. The average molecular weight is 495 g/mol. The van der Waals surface area contributed by atoms with Crippen LogP contribution in [0.2, 0.25) is 0 Å². The van der Waals surface area contributed by atoms with E-state index in [9.17, 15) is 9.59 Å². The number of carbonyl (C=O) groups is 2. The molecule has 0 radical (unpaired) electrons. The number of methoxy groups -OCH3 is 1. The van der Waals surface area contributed by atoms with Crippen LogP contribution >= 0.6 is 11.8 Å². The molecule has 1 aromatic carbocycles. The lowest BCUT2D eigenvalue weighted by molar-refractivity contribution is -0.124. The maximum atomic E-state index is 13.0. The zero-order valence-electron chi connectivity index (χ0n) is 19.8. The van der Waals surface area contributed by atoms with E-state index in [0.29, 0.717) is 54.4 Å². The summed E-state index contributed by atoms with van der Waals surface area (Å²) < 4.78 is 12.6. The number of carbonyl (C=O) groups excluding carboxylic acids is 2. The van der Waals surface area contributed by atoms with Crippen molar-refractivity contribution in [1.29, 1.82) is 0 Å². The second-order valence-corrected chi connectivity index (χ2v) is 10.0. The molecule has 4 heterocycles. The van der Waals surface area contributed by atoms with Crippen LogP contribution in [0.1, 0.15) is 35.3 Å². The minimum atomic E-state index is -0.520. The summed E-state index contributed by atoms with van der Waals surface area (Å²) in [4.78, 5) is 30.8. The number of pyridine rings is 1. The topological polar surface area (TPSA) is 94.5 Å². The third-order valence-electron chi connectivity index (χ3n) is 6.51. The molecule has 2 aromatic heterocycles.